The molecule has 7 nitrogen and oxygen atoms in total. The first kappa shape index (κ1) is 24.8. The Balaban J connectivity index is 1.42. The van der Waals surface area contributed by atoms with Gasteiger partial charge in [0.2, 0.25) is 0 Å². The van der Waals surface area contributed by atoms with E-state index in [1.54, 1.807) is 0 Å². The predicted molar refractivity (Wildman–Crippen MR) is 142 cm³/mol. The standard InChI is InChI=1S/C26H26N4O3S2/c1-34-25-21(16-23(31)32)26(35-2)29-22(28-25)15-17-5-9-19(10-6-17)27-24(33)18-7-11-20(12-8-18)30-13-3-4-14-30/h3,5-13H,4,14-16H2,1-2H3,(H,27,33)(H,31,32). The molecule has 4 rings (SSSR count). The molecule has 0 unspecified atom stereocenters. The van der Waals surface area contributed by atoms with Crippen LogP contribution in [-0.2, 0) is 17.6 Å². The van der Waals surface area contributed by atoms with Crippen molar-refractivity contribution in [1.82, 2.24) is 9.97 Å². The highest BCUT2D eigenvalue weighted by molar-refractivity contribution is 7.99. The molecule has 2 heterocycles. The van der Waals surface area contributed by atoms with E-state index in [9.17, 15) is 14.7 Å². The number of nitrogens with one attached hydrogen (secondary N) is 1. The molecule has 3 aromatic rings. The smallest absolute Gasteiger partial charge is 0.308 e. The topological polar surface area (TPSA) is 95.4 Å². The number of carbonyl (C=O) groups excluding carboxylic acids is 1. The summed E-state index contributed by atoms with van der Waals surface area (Å²) in [5, 5.41) is 13.5. The number of hydrogen-bond donors (Lipinski definition) is 2. The van der Waals surface area contributed by atoms with E-state index < -0.39 is 5.97 Å². The number of carboxylic acid groups (broad SMARTS) is 1. The van der Waals surface area contributed by atoms with Crippen molar-refractivity contribution in [2.45, 2.75) is 29.3 Å². The molecule has 2 aromatic carbocycles. The van der Waals surface area contributed by atoms with Gasteiger partial charge in [0.15, 0.2) is 0 Å². The molecule has 2 N–H and O–H groups in total. The van der Waals surface area contributed by atoms with Crippen molar-refractivity contribution in [3.05, 3.63) is 83.3 Å². The molecule has 0 aliphatic carbocycles. The second-order valence-corrected chi connectivity index (χ2v) is 9.54. The van der Waals surface area contributed by atoms with Crippen molar-refractivity contribution >= 4 is 46.8 Å². The number of benzene rings is 2. The molecule has 0 atom stereocenters. The largest absolute Gasteiger partial charge is 0.481 e. The van der Waals surface area contributed by atoms with E-state index in [2.05, 4.69) is 32.5 Å². The molecule has 0 radical (unpaired) electrons. The molecular formula is C26H26N4O3S2. The third kappa shape index (κ3) is 6.23. The summed E-state index contributed by atoms with van der Waals surface area (Å²) >= 11 is 2.85. The number of anilines is 2. The minimum absolute atomic E-state index is 0.0982. The molecule has 35 heavy (non-hydrogen) atoms. The summed E-state index contributed by atoms with van der Waals surface area (Å²) in [6.07, 6.45) is 9.42. The van der Waals surface area contributed by atoms with Crippen LogP contribution in [0.25, 0.3) is 0 Å². The van der Waals surface area contributed by atoms with Crippen molar-refractivity contribution in [2.24, 2.45) is 0 Å². The van der Waals surface area contributed by atoms with Crippen LogP contribution in [0.1, 0.15) is 33.7 Å². The average molecular weight is 507 g/mol. The highest BCUT2D eigenvalue weighted by atomic mass is 32.2. The van der Waals surface area contributed by atoms with Gasteiger partial charge in [0, 0.05) is 41.7 Å². The maximum absolute atomic E-state index is 12.7. The van der Waals surface area contributed by atoms with Crippen LogP contribution in [0.3, 0.4) is 0 Å². The number of nitrogens with zero attached hydrogens (tertiary/aromatic N) is 3. The number of carboxylic acids is 1. The predicted octanol–water partition coefficient (Wildman–Crippen LogP) is 5.11. The first-order chi connectivity index (χ1) is 17.0. The number of amides is 1. The van der Waals surface area contributed by atoms with Crippen molar-refractivity contribution in [2.75, 3.05) is 29.3 Å². The lowest BCUT2D eigenvalue weighted by atomic mass is 10.1. The molecule has 9 heteroatoms. The second-order valence-electron chi connectivity index (χ2n) is 7.95. The second kappa shape index (κ2) is 11.4. The zero-order valence-electron chi connectivity index (χ0n) is 19.5. The molecule has 0 bridgehead atoms. The van der Waals surface area contributed by atoms with Gasteiger partial charge in [-0.15, -0.1) is 23.5 Å². The van der Waals surface area contributed by atoms with E-state index in [4.69, 9.17) is 0 Å². The SMILES string of the molecule is CSc1nc(Cc2ccc(NC(=O)c3ccc(N4C=CCC4)cc3)cc2)nc(SC)c1CC(=O)O. The molecule has 180 valence electrons. The molecule has 1 aliphatic rings. The maximum atomic E-state index is 12.7. The van der Waals surface area contributed by atoms with Crippen molar-refractivity contribution in [3.8, 4) is 0 Å². The van der Waals surface area contributed by atoms with Crippen molar-refractivity contribution in [1.29, 1.82) is 0 Å². The Morgan fingerprint density at radius 3 is 2.20 bits per heavy atom. The molecule has 0 fully saturated rings. The maximum Gasteiger partial charge on any atom is 0.308 e. The van der Waals surface area contributed by atoms with Gasteiger partial charge in [0.25, 0.3) is 5.91 Å². The molecule has 1 amide bonds. The minimum atomic E-state index is -0.899. The summed E-state index contributed by atoms with van der Waals surface area (Å²) < 4.78 is 0. The summed E-state index contributed by atoms with van der Waals surface area (Å²) in [4.78, 5) is 35.3. The van der Waals surface area contributed by atoms with Gasteiger partial charge >= 0.3 is 5.97 Å². The summed E-state index contributed by atoms with van der Waals surface area (Å²) in [5.74, 6) is -0.422. The number of aliphatic carboxylic acids is 1. The summed E-state index contributed by atoms with van der Waals surface area (Å²) in [7, 11) is 0. The lowest BCUT2D eigenvalue weighted by Gasteiger charge is -2.15. The normalized spacial score (nSPS) is 12.7. The number of hydrogen-bond acceptors (Lipinski definition) is 7. The fourth-order valence-corrected chi connectivity index (χ4v) is 5.09. The van der Waals surface area contributed by atoms with Gasteiger partial charge in [-0.2, -0.15) is 0 Å². The van der Waals surface area contributed by atoms with Gasteiger partial charge < -0.3 is 15.3 Å². The lowest BCUT2D eigenvalue weighted by Crippen LogP contribution is -2.14. The van der Waals surface area contributed by atoms with E-state index in [0.717, 1.165) is 24.2 Å². The van der Waals surface area contributed by atoms with Crippen LogP contribution in [0, 0.1) is 0 Å². The first-order valence-electron chi connectivity index (χ1n) is 11.1. The Hall–Kier alpha value is -3.30. The van der Waals surface area contributed by atoms with Gasteiger partial charge in [0.05, 0.1) is 6.42 Å². The van der Waals surface area contributed by atoms with E-state index >= 15 is 0 Å². The molecule has 0 spiro atoms. The summed E-state index contributed by atoms with van der Waals surface area (Å²) in [5.41, 5.74) is 4.04. The summed E-state index contributed by atoms with van der Waals surface area (Å²) in [6.45, 7) is 0.965. The molecule has 1 aliphatic heterocycles. The number of thioether (sulfide) groups is 2. The van der Waals surface area contributed by atoms with E-state index in [0.29, 0.717) is 39.1 Å². The average Bonchev–Trinajstić information content (AvgIpc) is 3.41. The van der Waals surface area contributed by atoms with E-state index in [1.807, 2.05) is 61.0 Å². The van der Waals surface area contributed by atoms with Gasteiger partial charge in [-0.3, -0.25) is 9.59 Å². The van der Waals surface area contributed by atoms with Crippen LogP contribution < -0.4 is 10.2 Å². The van der Waals surface area contributed by atoms with Gasteiger partial charge in [-0.05, 0) is 60.9 Å². The highest BCUT2D eigenvalue weighted by Crippen LogP contribution is 2.28. The third-order valence-electron chi connectivity index (χ3n) is 5.55. The van der Waals surface area contributed by atoms with Crippen LogP contribution in [0.5, 0.6) is 0 Å². The fourth-order valence-electron chi connectivity index (χ4n) is 3.81. The quantitative estimate of drug-likeness (QED) is 0.305. The number of aromatic nitrogens is 2. The fraction of sp³-hybridized carbons (Fsp3) is 0.231. The van der Waals surface area contributed by atoms with Crippen LogP contribution in [-0.4, -0.2) is 46.0 Å². The Kier molecular flexibility index (Phi) is 8.09. The highest BCUT2D eigenvalue weighted by Gasteiger charge is 2.17. The van der Waals surface area contributed by atoms with Gasteiger partial charge in [-0.25, -0.2) is 9.97 Å². The van der Waals surface area contributed by atoms with Crippen LogP contribution in [0.15, 0.2) is 70.9 Å². The molecule has 0 saturated carbocycles. The van der Waals surface area contributed by atoms with Gasteiger partial charge in [-0.1, -0.05) is 18.2 Å². The summed E-state index contributed by atoms with van der Waals surface area (Å²) in [6, 6.07) is 15.2. The monoisotopic (exact) mass is 506 g/mol. The van der Waals surface area contributed by atoms with E-state index in [1.165, 1.54) is 23.5 Å². The zero-order valence-corrected chi connectivity index (χ0v) is 21.2. The molecule has 0 saturated heterocycles. The Labute approximate surface area is 213 Å². The van der Waals surface area contributed by atoms with Crippen LogP contribution in [0.4, 0.5) is 11.4 Å². The van der Waals surface area contributed by atoms with E-state index in [-0.39, 0.29) is 12.3 Å². The van der Waals surface area contributed by atoms with Crippen molar-refractivity contribution < 1.29 is 14.7 Å². The number of carbonyl (C=O) groups is 2. The Morgan fingerprint density at radius 1 is 1.00 bits per heavy atom. The third-order valence-corrected chi connectivity index (χ3v) is 7.00. The first-order valence-corrected chi connectivity index (χ1v) is 13.5. The van der Waals surface area contributed by atoms with Crippen LogP contribution >= 0.6 is 23.5 Å². The van der Waals surface area contributed by atoms with Gasteiger partial charge in [0.1, 0.15) is 15.9 Å². The lowest BCUT2D eigenvalue weighted by molar-refractivity contribution is -0.136. The molecule has 1 aromatic heterocycles. The molecular weight excluding hydrogens is 480 g/mol. The Morgan fingerprint density at radius 2 is 1.66 bits per heavy atom. The zero-order chi connectivity index (χ0) is 24.8. The van der Waals surface area contributed by atoms with Crippen LogP contribution in [0.2, 0.25) is 0 Å². The minimum Gasteiger partial charge on any atom is -0.481 e. The Bertz CT molecular complexity index is 1220. The van der Waals surface area contributed by atoms with Crippen molar-refractivity contribution in [3.63, 3.8) is 0 Å². The number of rotatable bonds is 9.